The highest BCUT2D eigenvalue weighted by molar-refractivity contribution is 5.71. The summed E-state index contributed by atoms with van der Waals surface area (Å²) in [4.78, 5) is 10.8. The van der Waals surface area contributed by atoms with Crippen molar-refractivity contribution < 1.29 is 24.9 Å². The Kier molecular flexibility index (Phi) is 6.44. The van der Waals surface area contributed by atoms with Crippen molar-refractivity contribution in [2.24, 2.45) is 0 Å². The molecule has 0 spiro atoms. The average Bonchev–Trinajstić information content (AvgIpc) is 2.43. The number of carboxylic acid groups (broad SMARTS) is 1. The zero-order valence-corrected chi connectivity index (χ0v) is 11.7. The highest BCUT2D eigenvalue weighted by Gasteiger charge is 2.19. The Balaban J connectivity index is 2.92. The summed E-state index contributed by atoms with van der Waals surface area (Å²) in [5.41, 5.74) is 0.947. The molecule has 0 bridgehead atoms. The standard InChI is InChI=1S/C14H21NO5/c1-15-6-5-11(16)14(19)9-3-4-12(20-2)10(7-9)8-13(17)18/h3-4,7,11,14-16,19H,5-6,8H2,1-2H3,(H,17,18). The molecule has 0 saturated heterocycles. The second kappa shape index (κ2) is 7.84. The molecule has 0 aliphatic heterocycles. The molecule has 0 amide bonds. The van der Waals surface area contributed by atoms with Gasteiger partial charge >= 0.3 is 5.97 Å². The number of benzene rings is 1. The van der Waals surface area contributed by atoms with E-state index in [1.807, 2.05) is 0 Å². The first-order valence-corrected chi connectivity index (χ1v) is 6.39. The molecule has 1 aromatic rings. The first kappa shape index (κ1) is 16.4. The number of aliphatic hydroxyl groups excluding tert-OH is 2. The number of hydrogen-bond acceptors (Lipinski definition) is 5. The minimum Gasteiger partial charge on any atom is -0.496 e. The lowest BCUT2D eigenvalue weighted by molar-refractivity contribution is -0.136. The zero-order chi connectivity index (χ0) is 15.1. The van der Waals surface area contributed by atoms with Crippen molar-refractivity contribution in [1.29, 1.82) is 0 Å². The van der Waals surface area contributed by atoms with Gasteiger partial charge in [-0.05, 0) is 37.7 Å². The summed E-state index contributed by atoms with van der Waals surface area (Å²) in [6.07, 6.45) is -1.76. The smallest absolute Gasteiger partial charge is 0.307 e. The van der Waals surface area contributed by atoms with Crippen LogP contribution < -0.4 is 10.1 Å². The van der Waals surface area contributed by atoms with Crippen molar-refractivity contribution in [2.75, 3.05) is 20.7 Å². The van der Waals surface area contributed by atoms with Gasteiger partial charge in [0.25, 0.3) is 0 Å². The van der Waals surface area contributed by atoms with E-state index in [-0.39, 0.29) is 6.42 Å². The summed E-state index contributed by atoms with van der Waals surface area (Å²) in [5, 5.41) is 31.7. The van der Waals surface area contributed by atoms with Crippen molar-refractivity contribution in [3.8, 4) is 5.75 Å². The van der Waals surface area contributed by atoms with Crippen LogP contribution in [0.5, 0.6) is 5.75 Å². The summed E-state index contributed by atoms with van der Waals surface area (Å²) in [6.45, 7) is 0.580. The van der Waals surface area contributed by atoms with Crippen LogP contribution in [0.15, 0.2) is 18.2 Å². The number of hydrogen-bond donors (Lipinski definition) is 4. The molecule has 2 unspecified atom stereocenters. The van der Waals surface area contributed by atoms with Gasteiger partial charge in [0.2, 0.25) is 0 Å². The van der Waals surface area contributed by atoms with Gasteiger partial charge in [0.15, 0.2) is 0 Å². The van der Waals surface area contributed by atoms with Gasteiger partial charge in [-0.2, -0.15) is 0 Å². The molecule has 20 heavy (non-hydrogen) atoms. The molecule has 0 saturated carbocycles. The molecule has 0 fully saturated rings. The number of aliphatic hydroxyl groups is 2. The van der Waals surface area contributed by atoms with E-state index in [1.165, 1.54) is 7.11 Å². The van der Waals surface area contributed by atoms with E-state index >= 15 is 0 Å². The van der Waals surface area contributed by atoms with E-state index in [9.17, 15) is 15.0 Å². The van der Waals surface area contributed by atoms with E-state index < -0.39 is 18.2 Å². The molecule has 1 aromatic carbocycles. The van der Waals surface area contributed by atoms with E-state index in [1.54, 1.807) is 25.2 Å². The largest absolute Gasteiger partial charge is 0.496 e. The number of nitrogens with one attached hydrogen (secondary N) is 1. The minimum absolute atomic E-state index is 0.198. The normalized spacial score (nSPS) is 13.8. The molecule has 6 heteroatoms. The molecule has 112 valence electrons. The Hall–Kier alpha value is -1.63. The maximum absolute atomic E-state index is 10.8. The van der Waals surface area contributed by atoms with Crippen LogP contribution in [0.4, 0.5) is 0 Å². The third-order valence-corrected chi connectivity index (χ3v) is 3.04. The van der Waals surface area contributed by atoms with Crippen LogP contribution in [0.25, 0.3) is 0 Å². The molecule has 0 aliphatic carbocycles. The molecule has 0 heterocycles. The monoisotopic (exact) mass is 283 g/mol. The quantitative estimate of drug-likeness (QED) is 0.548. The second-order valence-corrected chi connectivity index (χ2v) is 4.55. The Morgan fingerprint density at radius 3 is 2.65 bits per heavy atom. The van der Waals surface area contributed by atoms with Crippen LogP contribution in [0.3, 0.4) is 0 Å². The fourth-order valence-electron chi connectivity index (χ4n) is 1.96. The summed E-state index contributed by atoms with van der Waals surface area (Å²) >= 11 is 0. The first-order chi connectivity index (χ1) is 9.49. The van der Waals surface area contributed by atoms with E-state index in [0.29, 0.717) is 29.8 Å². The molecular weight excluding hydrogens is 262 g/mol. The van der Waals surface area contributed by atoms with Gasteiger partial charge in [-0.3, -0.25) is 4.79 Å². The Bertz CT molecular complexity index is 449. The number of carbonyl (C=O) groups is 1. The third kappa shape index (κ3) is 4.48. The molecule has 4 N–H and O–H groups in total. The first-order valence-electron chi connectivity index (χ1n) is 6.39. The lowest BCUT2D eigenvalue weighted by Crippen LogP contribution is -2.23. The van der Waals surface area contributed by atoms with Gasteiger partial charge in [0.1, 0.15) is 11.9 Å². The molecule has 6 nitrogen and oxygen atoms in total. The van der Waals surface area contributed by atoms with Gasteiger partial charge in [-0.15, -0.1) is 0 Å². The van der Waals surface area contributed by atoms with Crippen molar-refractivity contribution in [2.45, 2.75) is 25.0 Å². The average molecular weight is 283 g/mol. The van der Waals surface area contributed by atoms with Crippen molar-refractivity contribution in [1.82, 2.24) is 5.32 Å². The van der Waals surface area contributed by atoms with Crippen molar-refractivity contribution in [3.63, 3.8) is 0 Å². The van der Waals surface area contributed by atoms with Crippen molar-refractivity contribution in [3.05, 3.63) is 29.3 Å². The third-order valence-electron chi connectivity index (χ3n) is 3.04. The topological polar surface area (TPSA) is 99.0 Å². The van der Waals surface area contributed by atoms with Gasteiger partial charge < -0.3 is 25.4 Å². The molecule has 2 atom stereocenters. The number of methoxy groups -OCH3 is 1. The van der Waals surface area contributed by atoms with Gasteiger partial charge in [-0.25, -0.2) is 0 Å². The predicted octanol–water partition coefficient (Wildman–Crippen LogP) is 0.326. The molecule has 0 aliphatic rings. The summed E-state index contributed by atoms with van der Waals surface area (Å²) in [7, 11) is 3.22. The summed E-state index contributed by atoms with van der Waals surface area (Å²) < 4.78 is 5.09. The highest BCUT2D eigenvalue weighted by atomic mass is 16.5. The Labute approximate surface area is 118 Å². The van der Waals surface area contributed by atoms with Crippen LogP contribution in [0.2, 0.25) is 0 Å². The van der Waals surface area contributed by atoms with Crippen LogP contribution in [0.1, 0.15) is 23.7 Å². The lowest BCUT2D eigenvalue weighted by atomic mass is 9.98. The molecule has 0 radical (unpaired) electrons. The van der Waals surface area contributed by atoms with Gasteiger partial charge in [-0.1, -0.05) is 6.07 Å². The fraction of sp³-hybridized carbons (Fsp3) is 0.500. The molecule has 1 rings (SSSR count). The number of ether oxygens (including phenoxy) is 1. The van der Waals surface area contributed by atoms with Crippen LogP contribution >= 0.6 is 0 Å². The molecular formula is C14H21NO5. The van der Waals surface area contributed by atoms with Crippen molar-refractivity contribution >= 4 is 5.97 Å². The minimum atomic E-state index is -1.05. The maximum atomic E-state index is 10.8. The van der Waals surface area contributed by atoms with Gasteiger partial charge in [0.05, 0.1) is 19.6 Å². The highest BCUT2D eigenvalue weighted by Crippen LogP contribution is 2.26. The summed E-state index contributed by atoms with van der Waals surface area (Å²) in [6, 6.07) is 4.78. The zero-order valence-electron chi connectivity index (χ0n) is 11.7. The van der Waals surface area contributed by atoms with Crippen LogP contribution in [-0.2, 0) is 11.2 Å². The van der Waals surface area contributed by atoms with Crippen LogP contribution in [0, 0.1) is 0 Å². The molecule has 0 aromatic heterocycles. The van der Waals surface area contributed by atoms with E-state index in [0.717, 1.165) is 0 Å². The predicted molar refractivity (Wildman–Crippen MR) is 73.8 cm³/mol. The SMILES string of the molecule is CNCCC(O)C(O)c1ccc(OC)c(CC(=O)O)c1. The Morgan fingerprint density at radius 2 is 2.10 bits per heavy atom. The fourth-order valence-corrected chi connectivity index (χ4v) is 1.96. The Morgan fingerprint density at radius 1 is 1.40 bits per heavy atom. The van der Waals surface area contributed by atoms with E-state index in [4.69, 9.17) is 9.84 Å². The maximum Gasteiger partial charge on any atom is 0.307 e. The second-order valence-electron chi connectivity index (χ2n) is 4.55. The van der Waals surface area contributed by atoms with E-state index in [2.05, 4.69) is 5.32 Å². The summed E-state index contributed by atoms with van der Waals surface area (Å²) in [5.74, 6) is -0.529. The number of rotatable bonds is 8. The van der Waals surface area contributed by atoms with Gasteiger partial charge in [0, 0.05) is 5.56 Å². The lowest BCUT2D eigenvalue weighted by Gasteiger charge is -2.19. The number of aliphatic carboxylic acids is 1. The number of carboxylic acids is 1. The van der Waals surface area contributed by atoms with Crippen LogP contribution in [-0.4, -0.2) is 48.1 Å².